The number of primary amides is 1. The number of anilines is 2. The van der Waals surface area contributed by atoms with Crippen molar-refractivity contribution in [3.05, 3.63) is 60.2 Å². The molecule has 1 saturated heterocycles. The van der Waals surface area contributed by atoms with E-state index >= 15 is 0 Å². The van der Waals surface area contributed by atoms with Crippen LogP contribution < -0.4 is 16.0 Å². The Bertz CT molecular complexity index is 896. The van der Waals surface area contributed by atoms with Crippen LogP contribution in [0.15, 0.2) is 54.6 Å². The third-order valence-corrected chi connectivity index (χ3v) is 4.24. The standard InChI is InChI=1S/C19H18N4O4/c1-12-18(26)22(19(27)23(12)15-5-3-2-4-6-15)11-16(24)21-14-9-7-13(8-10-14)17(20)25/h2-10,12H,11H2,1H3,(H2,20,25)(H,21,24). The third kappa shape index (κ3) is 3.64. The molecule has 1 aliphatic heterocycles. The van der Waals surface area contributed by atoms with Gasteiger partial charge in [0.2, 0.25) is 11.8 Å². The van der Waals surface area contributed by atoms with E-state index in [0.29, 0.717) is 16.9 Å². The quantitative estimate of drug-likeness (QED) is 0.782. The lowest BCUT2D eigenvalue weighted by Gasteiger charge is -2.19. The van der Waals surface area contributed by atoms with Crippen LogP contribution in [0.3, 0.4) is 0 Å². The number of hydrogen-bond acceptors (Lipinski definition) is 4. The van der Waals surface area contributed by atoms with Gasteiger partial charge in [-0.05, 0) is 43.3 Å². The number of carbonyl (C=O) groups is 4. The van der Waals surface area contributed by atoms with E-state index in [4.69, 9.17) is 5.73 Å². The van der Waals surface area contributed by atoms with Gasteiger partial charge in [0.1, 0.15) is 12.6 Å². The maximum Gasteiger partial charge on any atom is 0.332 e. The molecule has 8 heteroatoms. The first-order valence-corrected chi connectivity index (χ1v) is 8.28. The fraction of sp³-hybridized carbons (Fsp3) is 0.158. The van der Waals surface area contributed by atoms with E-state index < -0.39 is 36.3 Å². The molecule has 5 amide bonds. The molecule has 8 nitrogen and oxygen atoms in total. The van der Waals surface area contributed by atoms with Crippen LogP contribution in [0.1, 0.15) is 17.3 Å². The highest BCUT2D eigenvalue weighted by Gasteiger charge is 2.43. The van der Waals surface area contributed by atoms with Crippen LogP contribution in [0, 0.1) is 0 Å². The molecule has 0 spiro atoms. The number of carbonyl (C=O) groups excluding carboxylic acids is 4. The summed E-state index contributed by atoms with van der Waals surface area (Å²) in [6.45, 7) is 1.22. The Morgan fingerprint density at radius 2 is 1.67 bits per heavy atom. The second kappa shape index (κ2) is 7.28. The Morgan fingerprint density at radius 1 is 1.04 bits per heavy atom. The molecular formula is C19H18N4O4. The first-order valence-electron chi connectivity index (χ1n) is 8.28. The van der Waals surface area contributed by atoms with Crippen molar-refractivity contribution < 1.29 is 19.2 Å². The summed E-state index contributed by atoms with van der Waals surface area (Å²) < 4.78 is 0. The molecule has 3 N–H and O–H groups in total. The number of benzene rings is 2. The molecule has 138 valence electrons. The lowest BCUT2D eigenvalue weighted by molar-refractivity contribution is -0.130. The lowest BCUT2D eigenvalue weighted by Crippen LogP contribution is -2.39. The monoisotopic (exact) mass is 366 g/mol. The lowest BCUT2D eigenvalue weighted by atomic mass is 10.2. The van der Waals surface area contributed by atoms with Gasteiger partial charge in [-0.2, -0.15) is 0 Å². The zero-order valence-corrected chi connectivity index (χ0v) is 14.6. The van der Waals surface area contributed by atoms with E-state index in [-0.39, 0.29) is 0 Å². The zero-order chi connectivity index (χ0) is 19.6. The van der Waals surface area contributed by atoms with Crippen molar-refractivity contribution in [2.24, 2.45) is 5.73 Å². The van der Waals surface area contributed by atoms with Crippen LogP contribution in [-0.4, -0.2) is 41.2 Å². The fourth-order valence-corrected chi connectivity index (χ4v) is 2.86. The highest BCUT2D eigenvalue weighted by molar-refractivity contribution is 6.16. The molecule has 0 radical (unpaired) electrons. The second-order valence-corrected chi connectivity index (χ2v) is 6.08. The van der Waals surface area contributed by atoms with Crippen molar-refractivity contribution in [2.45, 2.75) is 13.0 Å². The average molecular weight is 366 g/mol. The Balaban J connectivity index is 1.69. The zero-order valence-electron chi connectivity index (χ0n) is 14.6. The maximum absolute atomic E-state index is 12.6. The number of amides is 5. The van der Waals surface area contributed by atoms with E-state index in [2.05, 4.69) is 5.32 Å². The van der Waals surface area contributed by atoms with Gasteiger partial charge in [0.25, 0.3) is 5.91 Å². The molecule has 0 saturated carbocycles. The van der Waals surface area contributed by atoms with Gasteiger partial charge in [0.05, 0.1) is 0 Å². The Kier molecular flexibility index (Phi) is 4.89. The van der Waals surface area contributed by atoms with E-state index in [1.807, 2.05) is 6.07 Å². The van der Waals surface area contributed by atoms with E-state index in [1.165, 1.54) is 29.2 Å². The minimum Gasteiger partial charge on any atom is -0.366 e. The highest BCUT2D eigenvalue weighted by Crippen LogP contribution is 2.25. The van der Waals surface area contributed by atoms with E-state index in [0.717, 1.165) is 4.90 Å². The molecule has 2 aromatic carbocycles. The normalized spacial score (nSPS) is 16.6. The SMILES string of the molecule is CC1C(=O)N(CC(=O)Nc2ccc(C(N)=O)cc2)C(=O)N1c1ccccc1. The number of imide groups is 1. The van der Waals surface area contributed by atoms with Gasteiger partial charge >= 0.3 is 6.03 Å². The Hall–Kier alpha value is -3.68. The van der Waals surface area contributed by atoms with Crippen LogP contribution >= 0.6 is 0 Å². The fourth-order valence-electron chi connectivity index (χ4n) is 2.86. The van der Waals surface area contributed by atoms with Crippen molar-refractivity contribution in [2.75, 3.05) is 16.8 Å². The van der Waals surface area contributed by atoms with E-state index in [1.54, 1.807) is 31.2 Å². The molecule has 3 rings (SSSR count). The van der Waals surface area contributed by atoms with Gasteiger partial charge in [-0.15, -0.1) is 0 Å². The molecule has 1 unspecified atom stereocenters. The Morgan fingerprint density at radius 3 is 2.26 bits per heavy atom. The number of urea groups is 1. The number of rotatable bonds is 5. The highest BCUT2D eigenvalue weighted by atomic mass is 16.2. The maximum atomic E-state index is 12.6. The molecule has 1 fully saturated rings. The summed E-state index contributed by atoms with van der Waals surface area (Å²) in [6, 6.07) is 13.6. The van der Waals surface area contributed by atoms with Crippen LogP contribution in [0.25, 0.3) is 0 Å². The minimum atomic E-state index is -0.692. The first-order chi connectivity index (χ1) is 12.9. The largest absolute Gasteiger partial charge is 0.366 e. The summed E-state index contributed by atoms with van der Waals surface area (Å²) in [5.41, 5.74) is 6.50. The molecule has 1 atom stereocenters. The molecule has 2 aromatic rings. The molecule has 1 aliphatic rings. The summed E-state index contributed by atoms with van der Waals surface area (Å²) in [5, 5.41) is 2.59. The van der Waals surface area contributed by atoms with Gasteiger partial charge in [-0.3, -0.25) is 24.2 Å². The predicted octanol–water partition coefficient (Wildman–Crippen LogP) is 1.58. The van der Waals surface area contributed by atoms with Crippen LogP contribution in [-0.2, 0) is 9.59 Å². The smallest absolute Gasteiger partial charge is 0.332 e. The summed E-state index contributed by atoms with van der Waals surface area (Å²) in [5.74, 6) is -1.54. The van der Waals surface area contributed by atoms with Gasteiger partial charge in [0, 0.05) is 16.9 Å². The van der Waals surface area contributed by atoms with Crippen LogP contribution in [0.2, 0.25) is 0 Å². The number of nitrogens with two attached hydrogens (primary N) is 1. The summed E-state index contributed by atoms with van der Waals surface area (Å²) in [6.07, 6.45) is 0. The van der Waals surface area contributed by atoms with Gasteiger partial charge in [0.15, 0.2) is 0 Å². The van der Waals surface area contributed by atoms with Crippen molar-refractivity contribution in [1.82, 2.24) is 4.90 Å². The van der Waals surface area contributed by atoms with Crippen molar-refractivity contribution in [3.8, 4) is 0 Å². The third-order valence-electron chi connectivity index (χ3n) is 4.24. The van der Waals surface area contributed by atoms with Crippen molar-refractivity contribution in [3.63, 3.8) is 0 Å². The van der Waals surface area contributed by atoms with Crippen LogP contribution in [0.5, 0.6) is 0 Å². The number of nitrogens with zero attached hydrogens (tertiary/aromatic N) is 2. The number of para-hydroxylation sites is 1. The molecule has 27 heavy (non-hydrogen) atoms. The van der Waals surface area contributed by atoms with Gasteiger partial charge in [-0.1, -0.05) is 18.2 Å². The van der Waals surface area contributed by atoms with Crippen molar-refractivity contribution in [1.29, 1.82) is 0 Å². The van der Waals surface area contributed by atoms with E-state index in [9.17, 15) is 19.2 Å². The first kappa shape index (κ1) is 18.1. The van der Waals surface area contributed by atoms with Crippen LogP contribution in [0.4, 0.5) is 16.2 Å². The van der Waals surface area contributed by atoms with Gasteiger partial charge < -0.3 is 11.1 Å². The number of nitrogens with one attached hydrogen (secondary N) is 1. The molecule has 0 bridgehead atoms. The predicted molar refractivity (Wildman–Crippen MR) is 99.1 cm³/mol. The minimum absolute atomic E-state index is 0.310. The second-order valence-electron chi connectivity index (χ2n) is 6.08. The topological polar surface area (TPSA) is 113 Å². The number of hydrogen-bond donors (Lipinski definition) is 2. The molecule has 0 aliphatic carbocycles. The molecule has 0 aromatic heterocycles. The molecule has 1 heterocycles. The van der Waals surface area contributed by atoms with Gasteiger partial charge in [-0.25, -0.2) is 4.79 Å². The Labute approximate surface area is 155 Å². The molecular weight excluding hydrogens is 348 g/mol. The summed E-state index contributed by atoms with van der Waals surface area (Å²) in [4.78, 5) is 50.7. The summed E-state index contributed by atoms with van der Waals surface area (Å²) >= 11 is 0. The summed E-state index contributed by atoms with van der Waals surface area (Å²) in [7, 11) is 0. The van der Waals surface area contributed by atoms with Crippen molar-refractivity contribution >= 4 is 35.1 Å². The average Bonchev–Trinajstić information content (AvgIpc) is 2.86.